The van der Waals surface area contributed by atoms with E-state index in [0.717, 1.165) is 22.3 Å². The van der Waals surface area contributed by atoms with Gasteiger partial charge in [-0.05, 0) is 48.0 Å². The third-order valence-corrected chi connectivity index (χ3v) is 4.76. The number of aromatic amines is 2. The number of methoxy groups -OCH3 is 1. The summed E-state index contributed by atoms with van der Waals surface area (Å²) in [5.74, 6) is 1.22. The van der Waals surface area contributed by atoms with Gasteiger partial charge in [0, 0.05) is 16.8 Å². The zero-order valence-corrected chi connectivity index (χ0v) is 16.4. The number of halogens is 1. The highest BCUT2D eigenvalue weighted by atomic mass is 35.5. The molecule has 4 rings (SSSR count). The van der Waals surface area contributed by atoms with Gasteiger partial charge in [-0.1, -0.05) is 29.8 Å². The van der Waals surface area contributed by atoms with Gasteiger partial charge >= 0.3 is 5.69 Å². The third kappa shape index (κ3) is 4.33. The van der Waals surface area contributed by atoms with Gasteiger partial charge in [0.25, 0.3) is 0 Å². The van der Waals surface area contributed by atoms with Crippen LogP contribution < -0.4 is 15.2 Å². The van der Waals surface area contributed by atoms with Gasteiger partial charge in [0.2, 0.25) is 0 Å². The van der Waals surface area contributed by atoms with E-state index in [1.165, 1.54) is 0 Å². The van der Waals surface area contributed by atoms with Crippen LogP contribution in [-0.4, -0.2) is 23.3 Å². The molecule has 1 aromatic heterocycles. The SMILES string of the molecule is COc1cc(C=Nc2ccc3[nH]c(=O)[nH]c3c2)ccc1OCc1ccccc1Cl. The first-order chi connectivity index (χ1) is 14.1. The minimum Gasteiger partial charge on any atom is -0.493 e. The lowest BCUT2D eigenvalue weighted by atomic mass is 10.2. The number of H-pyrrole nitrogens is 2. The van der Waals surface area contributed by atoms with Gasteiger partial charge in [0.05, 0.1) is 23.8 Å². The van der Waals surface area contributed by atoms with E-state index in [1.807, 2.05) is 60.7 Å². The number of ether oxygens (including phenoxy) is 2. The second-order valence-electron chi connectivity index (χ2n) is 6.36. The predicted octanol–water partition coefficient (Wildman–Crippen LogP) is 4.85. The summed E-state index contributed by atoms with van der Waals surface area (Å²) in [5, 5.41) is 0.663. The summed E-state index contributed by atoms with van der Waals surface area (Å²) < 4.78 is 11.3. The number of rotatable bonds is 6. The maximum absolute atomic E-state index is 11.4. The molecule has 6 nitrogen and oxygen atoms in total. The number of hydrogen-bond acceptors (Lipinski definition) is 4. The van der Waals surface area contributed by atoms with Crippen molar-refractivity contribution in [3.8, 4) is 11.5 Å². The van der Waals surface area contributed by atoms with Crippen LogP contribution in [0.1, 0.15) is 11.1 Å². The number of aliphatic imine (C=N–C) groups is 1. The standard InChI is InChI=1S/C22H18ClN3O3/c1-28-21-10-14(6-9-20(21)29-13-15-4-2-3-5-17(15)23)12-24-16-7-8-18-19(11-16)26-22(27)25-18/h2-12H,13H2,1H3,(H2,25,26,27). The largest absolute Gasteiger partial charge is 0.493 e. The molecule has 146 valence electrons. The van der Waals surface area contributed by atoms with Crippen LogP contribution in [0.5, 0.6) is 11.5 Å². The van der Waals surface area contributed by atoms with Crippen molar-refractivity contribution in [2.45, 2.75) is 6.61 Å². The predicted molar refractivity (Wildman–Crippen MR) is 115 cm³/mol. The van der Waals surface area contributed by atoms with E-state index < -0.39 is 0 Å². The van der Waals surface area contributed by atoms with Gasteiger partial charge in [-0.3, -0.25) is 4.99 Å². The third-order valence-electron chi connectivity index (χ3n) is 4.39. The molecule has 0 saturated carbocycles. The number of hydrogen-bond donors (Lipinski definition) is 2. The van der Waals surface area contributed by atoms with Gasteiger partial charge in [-0.15, -0.1) is 0 Å². The molecule has 0 radical (unpaired) electrons. The molecule has 29 heavy (non-hydrogen) atoms. The van der Waals surface area contributed by atoms with Crippen LogP contribution in [0, 0.1) is 0 Å². The fourth-order valence-electron chi connectivity index (χ4n) is 2.90. The molecular formula is C22H18ClN3O3. The lowest BCUT2D eigenvalue weighted by molar-refractivity contribution is 0.284. The molecule has 0 aliphatic rings. The van der Waals surface area contributed by atoms with E-state index in [1.54, 1.807) is 13.3 Å². The molecule has 0 aliphatic carbocycles. The molecule has 1 heterocycles. The Labute approximate surface area is 171 Å². The molecule has 0 aliphatic heterocycles. The molecule has 7 heteroatoms. The highest BCUT2D eigenvalue weighted by Gasteiger charge is 2.07. The molecule has 0 saturated heterocycles. The summed E-state index contributed by atoms with van der Waals surface area (Å²) in [6.45, 7) is 0.346. The molecule has 4 aromatic rings. The summed E-state index contributed by atoms with van der Waals surface area (Å²) in [7, 11) is 1.59. The van der Waals surface area contributed by atoms with Gasteiger partial charge in [0.15, 0.2) is 11.5 Å². The zero-order valence-electron chi connectivity index (χ0n) is 15.6. The minimum atomic E-state index is -0.238. The van der Waals surface area contributed by atoms with Crippen LogP contribution >= 0.6 is 11.6 Å². The summed E-state index contributed by atoms with van der Waals surface area (Å²) in [4.78, 5) is 21.3. The number of aromatic nitrogens is 2. The van der Waals surface area contributed by atoms with E-state index >= 15 is 0 Å². The Kier molecular flexibility index (Phi) is 5.35. The highest BCUT2D eigenvalue weighted by Crippen LogP contribution is 2.29. The van der Waals surface area contributed by atoms with Crippen LogP contribution in [0.2, 0.25) is 5.02 Å². The van der Waals surface area contributed by atoms with E-state index in [-0.39, 0.29) is 5.69 Å². The summed E-state index contributed by atoms with van der Waals surface area (Å²) in [5.41, 5.74) is 3.71. The van der Waals surface area contributed by atoms with Crippen LogP contribution in [0.25, 0.3) is 11.0 Å². The maximum Gasteiger partial charge on any atom is 0.323 e. The summed E-state index contributed by atoms with van der Waals surface area (Å²) in [6, 6.07) is 18.6. The van der Waals surface area contributed by atoms with Crippen LogP contribution in [0.4, 0.5) is 5.69 Å². The average molecular weight is 408 g/mol. The Morgan fingerprint density at radius 2 is 1.83 bits per heavy atom. The van der Waals surface area contributed by atoms with Crippen LogP contribution in [0.15, 0.2) is 70.5 Å². The molecular weight excluding hydrogens is 390 g/mol. The number of fused-ring (bicyclic) bond motifs is 1. The Morgan fingerprint density at radius 1 is 1.00 bits per heavy atom. The normalized spacial score (nSPS) is 11.2. The second-order valence-corrected chi connectivity index (χ2v) is 6.76. The minimum absolute atomic E-state index is 0.238. The smallest absolute Gasteiger partial charge is 0.323 e. The zero-order chi connectivity index (χ0) is 20.2. The Hall–Kier alpha value is -3.51. The molecule has 0 amide bonds. The summed E-state index contributed by atoms with van der Waals surface area (Å²) in [6.07, 6.45) is 1.73. The molecule has 0 unspecified atom stereocenters. The monoisotopic (exact) mass is 407 g/mol. The Bertz CT molecular complexity index is 1240. The molecule has 0 fully saturated rings. The van der Waals surface area contributed by atoms with Gasteiger partial charge in [-0.25, -0.2) is 4.79 Å². The first-order valence-electron chi connectivity index (χ1n) is 8.93. The van der Waals surface area contributed by atoms with Gasteiger partial charge < -0.3 is 19.4 Å². The molecule has 3 aromatic carbocycles. The van der Waals surface area contributed by atoms with Crippen molar-refractivity contribution in [3.05, 3.63) is 87.3 Å². The fraction of sp³-hybridized carbons (Fsp3) is 0.0909. The molecule has 0 atom stereocenters. The molecule has 2 N–H and O–H groups in total. The van der Waals surface area contributed by atoms with Crippen molar-refractivity contribution < 1.29 is 9.47 Å². The second kappa shape index (κ2) is 8.24. The molecule has 0 bridgehead atoms. The number of nitrogens with zero attached hydrogens (tertiary/aromatic N) is 1. The van der Waals surface area contributed by atoms with Gasteiger partial charge in [-0.2, -0.15) is 0 Å². The van der Waals surface area contributed by atoms with Crippen molar-refractivity contribution >= 4 is 34.5 Å². The van der Waals surface area contributed by atoms with Crippen molar-refractivity contribution in [1.82, 2.24) is 9.97 Å². The highest BCUT2D eigenvalue weighted by molar-refractivity contribution is 6.31. The molecule has 0 spiro atoms. The number of imidazole rings is 1. The number of benzene rings is 3. The fourth-order valence-corrected chi connectivity index (χ4v) is 3.09. The lowest BCUT2D eigenvalue weighted by Crippen LogP contribution is -1.99. The maximum atomic E-state index is 11.4. The average Bonchev–Trinajstić information content (AvgIpc) is 3.11. The van der Waals surface area contributed by atoms with Crippen LogP contribution in [-0.2, 0) is 6.61 Å². The first-order valence-corrected chi connectivity index (χ1v) is 9.30. The van der Waals surface area contributed by atoms with E-state index in [4.69, 9.17) is 21.1 Å². The van der Waals surface area contributed by atoms with Crippen molar-refractivity contribution in [2.24, 2.45) is 4.99 Å². The van der Waals surface area contributed by atoms with E-state index in [2.05, 4.69) is 15.0 Å². The van der Waals surface area contributed by atoms with Crippen molar-refractivity contribution in [2.75, 3.05) is 7.11 Å². The lowest BCUT2D eigenvalue weighted by Gasteiger charge is -2.12. The first kappa shape index (κ1) is 18.8. The quantitative estimate of drug-likeness (QED) is 0.448. The topological polar surface area (TPSA) is 79.5 Å². The Morgan fingerprint density at radius 3 is 2.66 bits per heavy atom. The van der Waals surface area contributed by atoms with Crippen molar-refractivity contribution in [3.63, 3.8) is 0 Å². The number of nitrogens with one attached hydrogen (secondary N) is 2. The van der Waals surface area contributed by atoms with Crippen LogP contribution in [0.3, 0.4) is 0 Å². The van der Waals surface area contributed by atoms with E-state index in [0.29, 0.717) is 28.6 Å². The Balaban J connectivity index is 1.51. The van der Waals surface area contributed by atoms with Gasteiger partial charge in [0.1, 0.15) is 6.61 Å². The van der Waals surface area contributed by atoms with Crippen molar-refractivity contribution in [1.29, 1.82) is 0 Å². The summed E-state index contributed by atoms with van der Waals surface area (Å²) >= 11 is 6.18. The van der Waals surface area contributed by atoms with E-state index in [9.17, 15) is 4.79 Å².